The van der Waals surface area contributed by atoms with E-state index in [0.29, 0.717) is 0 Å². The maximum atomic E-state index is 4.59. The predicted octanol–water partition coefficient (Wildman–Crippen LogP) is 1.96. The van der Waals surface area contributed by atoms with Gasteiger partial charge >= 0.3 is 0 Å². The first-order valence-corrected chi connectivity index (χ1v) is 7.63. The zero-order chi connectivity index (χ0) is 13.1. The van der Waals surface area contributed by atoms with Crippen molar-refractivity contribution in [3.8, 4) is 0 Å². The van der Waals surface area contributed by atoms with Crippen molar-refractivity contribution < 1.29 is 0 Å². The minimum Gasteiger partial charge on any atom is -0.360 e. The zero-order valence-corrected chi connectivity index (χ0v) is 12.1. The summed E-state index contributed by atoms with van der Waals surface area (Å²) in [5.74, 6) is 0. The fourth-order valence-corrected chi connectivity index (χ4v) is 3.23. The number of nitrogens with one attached hydrogen (secondary N) is 1. The summed E-state index contributed by atoms with van der Waals surface area (Å²) in [6, 6.07) is 8.29. The van der Waals surface area contributed by atoms with Crippen LogP contribution in [0.3, 0.4) is 0 Å². The van der Waals surface area contributed by atoms with Gasteiger partial charge in [-0.2, -0.15) is 0 Å². The lowest BCUT2D eigenvalue weighted by Gasteiger charge is -2.32. The van der Waals surface area contributed by atoms with Gasteiger partial charge in [-0.3, -0.25) is 4.90 Å². The van der Waals surface area contributed by atoms with Crippen LogP contribution >= 0.6 is 11.3 Å². The van der Waals surface area contributed by atoms with Crippen LogP contribution in [0.25, 0.3) is 10.2 Å². The number of piperazine rings is 1. The number of nitrogens with zero attached hydrogens (tertiary/aromatic N) is 3. The quantitative estimate of drug-likeness (QED) is 0.925. The molecule has 2 aromatic rings. The highest BCUT2D eigenvalue weighted by molar-refractivity contribution is 7.22. The normalized spacial score (nSPS) is 17.9. The van der Waals surface area contributed by atoms with E-state index in [-0.39, 0.29) is 0 Å². The largest absolute Gasteiger partial charge is 0.360 e. The van der Waals surface area contributed by atoms with E-state index in [2.05, 4.69) is 45.3 Å². The van der Waals surface area contributed by atoms with Crippen molar-refractivity contribution in [2.45, 2.75) is 0 Å². The number of para-hydroxylation sites is 1. The molecule has 1 saturated heterocycles. The molecule has 0 spiro atoms. The first-order chi connectivity index (χ1) is 9.31. The summed E-state index contributed by atoms with van der Waals surface area (Å²) < 4.78 is 1.25. The highest BCUT2D eigenvalue weighted by Crippen LogP contribution is 2.24. The Kier molecular flexibility index (Phi) is 3.96. The highest BCUT2D eigenvalue weighted by atomic mass is 32.1. The number of hydrogen-bond donors (Lipinski definition) is 1. The van der Waals surface area contributed by atoms with E-state index in [1.54, 1.807) is 11.3 Å². The van der Waals surface area contributed by atoms with Gasteiger partial charge < -0.3 is 10.2 Å². The molecule has 102 valence electrons. The van der Waals surface area contributed by atoms with E-state index in [0.717, 1.165) is 23.7 Å². The number of fused-ring (bicyclic) bond motifs is 1. The Morgan fingerprint density at radius 1 is 1.21 bits per heavy atom. The molecule has 0 bridgehead atoms. The number of rotatable bonds is 4. The summed E-state index contributed by atoms with van der Waals surface area (Å²) >= 11 is 1.74. The third-order valence-corrected chi connectivity index (χ3v) is 4.59. The van der Waals surface area contributed by atoms with Crippen molar-refractivity contribution in [2.24, 2.45) is 0 Å². The Hall–Kier alpha value is -1.17. The summed E-state index contributed by atoms with van der Waals surface area (Å²) in [5, 5.41) is 4.48. The fourth-order valence-electron chi connectivity index (χ4n) is 2.34. The van der Waals surface area contributed by atoms with Gasteiger partial charge in [0.2, 0.25) is 0 Å². The van der Waals surface area contributed by atoms with E-state index >= 15 is 0 Å². The van der Waals surface area contributed by atoms with E-state index in [4.69, 9.17) is 0 Å². The molecular weight excluding hydrogens is 256 g/mol. The number of hydrogen-bond acceptors (Lipinski definition) is 5. The average Bonchev–Trinajstić information content (AvgIpc) is 2.83. The number of aromatic nitrogens is 1. The third-order valence-electron chi connectivity index (χ3n) is 3.59. The van der Waals surface area contributed by atoms with Crippen molar-refractivity contribution in [1.29, 1.82) is 0 Å². The van der Waals surface area contributed by atoms with Gasteiger partial charge in [-0.25, -0.2) is 4.98 Å². The molecule has 19 heavy (non-hydrogen) atoms. The molecule has 3 rings (SSSR count). The molecule has 4 nitrogen and oxygen atoms in total. The molecule has 1 aromatic heterocycles. The lowest BCUT2D eigenvalue weighted by molar-refractivity contribution is 0.158. The SMILES string of the molecule is CN1CCN(CCNc2nc3ccccc3s2)CC1. The van der Waals surface area contributed by atoms with Gasteiger partial charge in [0.15, 0.2) is 5.13 Å². The average molecular weight is 276 g/mol. The molecule has 0 radical (unpaired) electrons. The molecule has 1 N–H and O–H groups in total. The van der Waals surface area contributed by atoms with Crippen LogP contribution in [0.1, 0.15) is 0 Å². The van der Waals surface area contributed by atoms with Crippen molar-refractivity contribution in [3.05, 3.63) is 24.3 Å². The van der Waals surface area contributed by atoms with Crippen LogP contribution in [0.5, 0.6) is 0 Å². The molecule has 0 aliphatic carbocycles. The van der Waals surface area contributed by atoms with Crippen LogP contribution in [-0.4, -0.2) is 61.1 Å². The van der Waals surface area contributed by atoms with Crippen LogP contribution in [0.15, 0.2) is 24.3 Å². The monoisotopic (exact) mass is 276 g/mol. The van der Waals surface area contributed by atoms with Crippen LogP contribution in [-0.2, 0) is 0 Å². The molecule has 1 aromatic carbocycles. The summed E-state index contributed by atoms with van der Waals surface area (Å²) in [5.41, 5.74) is 1.09. The van der Waals surface area contributed by atoms with Crippen LogP contribution < -0.4 is 5.32 Å². The molecule has 1 aliphatic rings. The topological polar surface area (TPSA) is 31.4 Å². The predicted molar refractivity (Wildman–Crippen MR) is 82.0 cm³/mol. The Bertz CT molecular complexity index is 498. The van der Waals surface area contributed by atoms with E-state index < -0.39 is 0 Å². The summed E-state index contributed by atoms with van der Waals surface area (Å²) in [6.45, 7) is 6.80. The lowest BCUT2D eigenvalue weighted by Crippen LogP contribution is -2.45. The molecule has 1 fully saturated rings. The standard InChI is InChI=1S/C14H20N4S/c1-17-8-10-18(11-9-17)7-6-15-14-16-12-4-2-3-5-13(12)19-14/h2-5H,6-11H2,1H3,(H,15,16). The van der Waals surface area contributed by atoms with Gasteiger partial charge in [-0.05, 0) is 19.2 Å². The Morgan fingerprint density at radius 2 is 2.00 bits per heavy atom. The Labute approximate surface area is 118 Å². The minimum absolute atomic E-state index is 0.976. The highest BCUT2D eigenvalue weighted by Gasteiger charge is 2.13. The molecule has 0 saturated carbocycles. The van der Waals surface area contributed by atoms with Gasteiger partial charge in [0.1, 0.15) is 0 Å². The second-order valence-corrected chi connectivity index (χ2v) is 6.09. The Morgan fingerprint density at radius 3 is 2.79 bits per heavy atom. The number of anilines is 1. The van der Waals surface area contributed by atoms with Crippen molar-refractivity contribution in [2.75, 3.05) is 51.6 Å². The molecule has 0 amide bonds. The summed E-state index contributed by atoms with van der Waals surface area (Å²) in [4.78, 5) is 9.49. The first-order valence-electron chi connectivity index (χ1n) is 6.81. The smallest absolute Gasteiger partial charge is 0.183 e. The molecule has 5 heteroatoms. The summed E-state index contributed by atoms with van der Waals surface area (Å²) in [6.07, 6.45) is 0. The minimum atomic E-state index is 0.976. The van der Waals surface area contributed by atoms with Gasteiger partial charge in [-0.15, -0.1) is 0 Å². The van der Waals surface area contributed by atoms with Gasteiger partial charge in [0, 0.05) is 39.3 Å². The van der Waals surface area contributed by atoms with Crippen LogP contribution in [0.4, 0.5) is 5.13 Å². The van der Waals surface area contributed by atoms with Crippen molar-refractivity contribution in [1.82, 2.24) is 14.8 Å². The van der Waals surface area contributed by atoms with Crippen molar-refractivity contribution >= 4 is 26.7 Å². The molecular formula is C14H20N4S. The van der Waals surface area contributed by atoms with Crippen LogP contribution in [0, 0.1) is 0 Å². The van der Waals surface area contributed by atoms with E-state index in [9.17, 15) is 0 Å². The number of thiazole rings is 1. The van der Waals surface area contributed by atoms with E-state index in [1.165, 1.54) is 30.9 Å². The number of benzene rings is 1. The van der Waals surface area contributed by atoms with Gasteiger partial charge in [0.05, 0.1) is 10.2 Å². The first kappa shape index (κ1) is 12.8. The number of likely N-dealkylation sites (N-methyl/N-ethyl adjacent to an activating group) is 1. The maximum absolute atomic E-state index is 4.59. The molecule has 1 aliphatic heterocycles. The second-order valence-electron chi connectivity index (χ2n) is 5.06. The molecule has 0 atom stereocenters. The van der Waals surface area contributed by atoms with Gasteiger partial charge in [-0.1, -0.05) is 23.5 Å². The maximum Gasteiger partial charge on any atom is 0.183 e. The second kappa shape index (κ2) is 5.86. The Balaban J connectivity index is 1.49. The summed E-state index contributed by atoms with van der Waals surface area (Å²) in [7, 11) is 2.19. The fraction of sp³-hybridized carbons (Fsp3) is 0.500. The molecule has 0 unspecified atom stereocenters. The van der Waals surface area contributed by atoms with E-state index in [1.807, 2.05) is 6.07 Å². The lowest BCUT2D eigenvalue weighted by atomic mass is 10.3. The third kappa shape index (κ3) is 3.23. The van der Waals surface area contributed by atoms with Crippen molar-refractivity contribution in [3.63, 3.8) is 0 Å². The van der Waals surface area contributed by atoms with Crippen LogP contribution in [0.2, 0.25) is 0 Å². The molecule has 2 heterocycles. The van der Waals surface area contributed by atoms with Gasteiger partial charge in [0.25, 0.3) is 0 Å². The zero-order valence-electron chi connectivity index (χ0n) is 11.3.